The number of carbonyl (C=O) groups is 1. The van der Waals surface area contributed by atoms with Gasteiger partial charge in [0.1, 0.15) is 11.3 Å². The molecule has 0 amide bonds. The standard InChI is InChI=1S/C11H10BrNO3/c12-9-5-3-4-8(11(14)15)10(9)16-7-2-1-6-13/h3-5H,1-2,7H2,(H,14,15). The Morgan fingerprint density at radius 2 is 2.31 bits per heavy atom. The first-order valence-corrected chi connectivity index (χ1v) is 5.47. The maximum atomic E-state index is 10.9. The summed E-state index contributed by atoms with van der Waals surface area (Å²) in [6, 6.07) is 6.83. The van der Waals surface area contributed by atoms with Crippen molar-refractivity contribution in [2.45, 2.75) is 12.8 Å². The molecule has 16 heavy (non-hydrogen) atoms. The van der Waals surface area contributed by atoms with Gasteiger partial charge < -0.3 is 9.84 Å². The summed E-state index contributed by atoms with van der Waals surface area (Å²) in [6.45, 7) is 0.330. The average molecular weight is 284 g/mol. The highest BCUT2D eigenvalue weighted by Crippen LogP contribution is 2.29. The number of hydrogen-bond acceptors (Lipinski definition) is 3. The molecular weight excluding hydrogens is 274 g/mol. The van der Waals surface area contributed by atoms with Gasteiger partial charge in [-0.05, 0) is 34.5 Å². The van der Waals surface area contributed by atoms with Crippen molar-refractivity contribution in [2.75, 3.05) is 6.61 Å². The third-order valence-corrected chi connectivity index (χ3v) is 2.50. The van der Waals surface area contributed by atoms with Gasteiger partial charge in [0.05, 0.1) is 17.1 Å². The number of benzene rings is 1. The van der Waals surface area contributed by atoms with Crippen molar-refractivity contribution in [2.24, 2.45) is 0 Å². The molecule has 0 spiro atoms. The van der Waals surface area contributed by atoms with E-state index in [4.69, 9.17) is 15.1 Å². The molecule has 0 aliphatic heterocycles. The van der Waals surface area contributed by atoms with E-state index in [0.29, 0.717) is 29.7 Å². The minimum absolute atomic E-state index is 0.117. The predicted octanol–water partition coefficient (Wildman–Crippen LogP) is 2.83. The van der Waals surface area contributed by atoms with Crippen LogP contribution in [0.1, 0.15) is 23.2 Å². The number of aromatic carboxylic acids is 1. The zero-order chi connectivity index (χ0) is 12.0. The van der Waals surface area contributed by atoms with Crippen LogP contribution >= 0.6 is 15.9 Å². The van der Waals surface area contributed by atoms with Crippen LogP contribution in [0.2, 0.25) is 0 Å². The normalized spacial score (nSPS) is 9.50. The van der Waals surface area contributed by atoms with Gasteiger partial charge in [-0.25, -0.2) is 4.79 Å². The van der Waals surface area contributed by atoms with Crippen molar-refractivity contribution in [3.05, 3.63) is 28.2 Å². The van der Waals surface area contributed by atoms with E-state index in [1.807, 2.05) is 6.07 Å². The van der Waals surface area contributed by atoms with Crippen LogP contribution in [0, 0.1) is 11.3 Å². The number of halogens is 1. The number of ether oxygens (including phenoxy) is 1. The molecule has 0 bridgehead atoms. The largest absolute Gasteiger partial charge is 0.491 e. The van der Waals surface area contributed by atoms with Crippen LogP contribution in [0.4, 0.5) is 0 Å². The highest BCUT2D eigenvalue weighted by molar-refractivity contribution is 9.10. The fourth-order valence-electron chi connectivity index (χ4n) is 1.15. The third-order valence-electron chi connectivity index (χ3n) is 1.88. The van der Waals surface area contributed by atoms with Crippen LogP contribution in [-0.2, 0) is 0 Å². The van der Waals surface area contributed by atoms with E-state index in [1.165, 1.54) is 6.07 Å². The molecule has 5 heteroatoms. The summed E-state index contributed by atoms with van der Waals surface area (Å²) in [7, 11) is 0. The lowest BCUT2D eigenvalue weighted by Crippen LogP contribution is -2.05. The van der Waals surface area contributed by atoms with Gasteiger partial charge in [-0.1, -0.05) is 6.07 Å². The number of para-hydroxylation sites is 1. The Balaban J connectivity index is 2.77. The van der Waals surface area contributed by atoms with Crippen LogP contribution in [0.5, 0.6) is 5.75 Å². The second-order valence-corrected chi connectivity index (χ2v) is 3.89. The molecule has 1 N–H and O–H groups in total. The molecule has 1 rings (SSSR count). The monoisotopic (exact) mass is 283 g/mol. The molecule has 84 valence electrons. The maximum absolute atomic E-state index is 10.9. The number of nitriles is 1. The molecule has 0 aliphatic carbocycles. The molecule has 0 heterocycles. The molecular formula is C11H10BrNO3. The number of unbranched alkanes of at least 4 members (excludes halogenated alkanes) is 1. The summed E-state index contributed by atoms with van der Waals surface area (Å²) in [5.74, 6) is -0.718. The fraction of sp³-hybridized carbons (Fsp3) is 0.273. The van der Waals surface area contributed by atoms with Crippen molar-refractivity contribution in [3.63, 3.8) is 0 Å². The van der Waals surface area contributed by atoms with E-state index in [-0.39, 0.29) is 5.56 Å². The molecule has 0 unspecified atom stereocenters. The van der Waals surface area contributed by atoms with Crippen LogP contribution in [0.3, 0.4) is 0 Å². The Bertz CT molecular complexity index is 426. The van der Waals surface area contributed by atoms with Gasteiger partial charge >= 0.3 is 5.97 Å². The molecule has 1 aromatic carbocycles. The van der Waals surface area contributed by atoms with E-state index in [1.54, 1.807) is 12.1 Å². The molecule has 0 radical (unpaired) electrons. The number of carboxylic acids is 1. The van der Waals surface area contributed by atoms with E-state index in [0.717, 1.165) is 0 Å². The molecule has 0 saturated heterocycles. The van der Waals surface area contributed by atoms with Gasteiger partial charge in [-0.2, -0.15) is 5.26 Å². The Morgan fingerprint density at radius 1 is 1.56 bits per heavy atom. The lowest BCUT2D eigenvalue weighted by Gasteiger charge is -2.09. The van der Waals surface area contributed by atoms with E-state index in [9.17, 15) is 4.79 Å². The van der Waals surface area contributed by atoms with Crippen molar-refractivity contribution < 1.29 is 14.6 Å². The quantitative estimate of drug-likeness (QED) is 0.844. The Morgan fingerprint density at radius 3 is 2.94 bits per heavy atom. The SMILES string of the molecule is N#CCCCOc1c(Br)cccc1C(=O)O. The highest BCUT2D eigenvalue weighted by atomic mass is 79.9. The van der Waals surface area contributed by atoms with Gasteiger partial charge in [0.15, 0.2) is 0 Å². The van der Waals surface area contributed by atoms with Crippen LogP contribution in [-0.4, -0.2) is 17.7 Å². The summed E-state index contributed by atoms with van der Waals surface area (Å²) in [5, 5.41) is 17.3. The zero-order valence-electron chi connectivity index (χ0n) is 8.44. The van der Waals surface area contributed by atoms with Crippen molar-refractivity contribution >= 4 is 21.9 Å². The van der Waals surface area contributed by atoms with Gasteiger partial charge in [-0.15, -0.1) is 0 Å². The summed E-state index contributed by atoms with van der Waals surface area (Å²) in [4.78, 5) is 10.9. The third kappa shape index (κ3) is 3.24. The van der Waals surface area contributed by atoms with Crippen molar-refractivity contribution in [3.8, 4) is 11.8 Å². The first-order valence-electron chi connectivity index (χ1n) is 4.68. The van der Waals surface area contributed by atoms with Crippen LogP contribution in [0.15, 0.2) is 22.7 Å². The Labute approximate surface area is 102 Å². The molecule has 0 fully saturated rings. The molecule has 0 aliphatic rings. The van der Waals surface area contributed by atoms with Gasteiger partial charge in [0.25, 0.3) is 0 Å². The lowest BCUT2D eigenvalue weighted by molar-refractivity contribution is 0.0692. The summed E-state index contributed by atoms with van der Waals surface area (Å²) < 4.78 is 5.95. The average Bonchev–Trinajstić information content (AvgIpc) is 2.25. The summed E-state index contributed by atoms with van der Waals surface area (Å²) in [5.41, 5.74) is 0.117. The Kier molecular flexibility index (Phi) is 4.80. The van der Waals surface area contributed by atoms with Gasteiger partial charge in [0.2, 0.25) is 0 Å². The fourth-order valence-corrected chi connectivity index (χ4v) is 1.63. The molecule has 1 aromatic rings. The van der Waals surface area contributed by atoms with Crippen molar-refractivity contribution in [1.82, 2.24) is 0 Å². The van der Waals surface area contributed by atoms with E-state index in [2.05, 4.69) is 15.9 Å². The smallest absolute Gasteiger partial charge is 0.339 e. The first kappa shape index (κ1) is 12.5. The second-order valence-electron chi connectivity index (χ2n) is 3.03. The van der Waals surface area contributed by atoms with Crippen molar-refractivity contribution in [1.29, 1.82) is 5.26 Å². The summed E-state index contributed by atoms with van der Waals surface area (Å²) >= 11 is 3.23. The second kappa shape index (κ2) is 6.13. The lowest BCUT2D eigenvalue weighted by atomic mass is 10.2. The van der Waals surface area contributed by atoms with Gasteiger partial charge in [-0.3, -0.25) is 0 Å². The minimum atomic E-state index is -1.03. The molecule has 0 atom stereocenters. The highest BCUT2D eigenvalue weighted by Gasteiger charge is 2.13. The Hall–Kier alpha value is -1.54. The van der Waals surface area contributed by atoms with E-state index >= 15 is 0 Å². The molecule has 0 aromatic heterocycles. The van der Waals surface area contributed by atoms with E-state index < -0.39 is 5.97 Å². The van der Waals surface area contributed by atoms with Crippen LogP contribution in [0.25, 0.3) is 0 Å². The number of rotatable bonds is 5. The molecule has 4 nitrogen and oxygen atoms in total. The molecule has 0 saturated carbocycles. The predicted molar refractivity (Wildman–Crippen MR) is 61.4 cm³/mol. The first-order chi connectivity index (χ1) is 7.66. The minimum Gasteiger partial charge on any atom is -0.491 e. The number of nitrogens with zero attached hydrogens (tertiary/aromatic N) is 1. The van der Waals surface area contributed by atoms with Crippen LogP contribution < -0.4 is 4.74 Å². The number of carboxylic acid groups (broad SMARTS) is 1. The maximum Gasteiger partial charge on any atom is 0.339 e. The number of hydrogen-bond donors (Lipinski definition) is 1. The summed E-state index contributed by atoms with van der Waals surface area (Å²) in [6.07, 6.45) is 0.976. The zero-order valence-corrected chi connectivity index (χ0v) is 10.0. The van der Waals surface area contributed by atoms with Gasteiger partial charge in [0, 0.05) is 6.42 Å². The topological polar surface area (TPSA) is 70.3 Å².